The van der Waals surface area contributed by atoms with Crippen molar-refractivity contribution in [2.45, 2.75) is 18.6 Å². The van der Waals surface area contributed by atoms with E-state index in [0.717, 1.165) is 0 Å². The molecule has 0 aromatic carbocycles. The molecular weight excluding hydrogens is 134 g/mol. The predicted octanol–water partition coefficient (Wildman–Crippen LogP) is -0.0566. The van der Waals surface area contributed by atoms with E-state index in [2.05, 4.69) is 5.32 Å². The summed E-state index contributed by atoms with van der Waals surface area (Å²) >= 11 is 0. The van der Waals surface area contributed by atoms with E-state index < -0.39 is 12.2 Å². The SMILES string of the molecule is O=C(O)N[C@H]1C=C[C@@H](O)C1. The van der Waals surface area contributed by atoms with E-state index >= 15 is 0 Å². The van der Waals surface area contributed by atoms with E-state index in [-0.39, 0.29) is 6.04 Å². The molecule has 0 bridgehead atoms. The fourth-order valence-corrected chi connectivity index (χ4v) is 0.945. The lowest BCUT2D eigenvalue weighted by Gasteiger charge is -2.06. The Morgan fingerprint density at radius 3 is 2.70 bits per heavy atom. The number of hydrogen-bond acceptors (Lipinski definition) is 2. The Bertz CT molecular complexity index is 166. The molecule has 3 N–H and O–H groups in total. The van der Waals surface area contributed by atoms with E-state index in [9.17, 15) is 4.79 Å². The smallest absolute Gasteiger partial charge is 0.405 e. The Morgan fingerprint density at radius 2 is 2.30 bits per heavy atom. The molecule has 1 aliphatic rings. The van der Waals surface area contributed by atoms with Crippen molar-refractivity contribution in [1.29, 1.82) is 0 Å². The Hall–Kier alpha value is -1.03. The van der Waals surface area contributed by atoms with Crippen molar-refractivity contribution in [3.8, 4) is 0 Å². The van der Waals surface area contributed by atoms with Crippen LogP contribution >= 0.6 is 0 Å². The lowest BCUT2D eigenvalue weighted by Crippen LogP contribution is -2.31. The van der Waals surface area contributed by atoms with Crippen LogP contribution in [0.3, 0.4) is 0 Å². The molecule has 0 radical (unpaired) electrons. The predicted molar refractivity (Wildman–Crippen MR) is 34.7 cm³/mol. The van der Waals surface area contributed by atoms with Crippen LogP contribution in [0.25, 0.3) is 0 Å². The molecule has 4 nitrogen and oxygen atoms in total. The van der Waals surface area contributed by atoms with Crippen LogP contribution in [0.5, 0.6) is 0 Å². The van der Waals surface area contributed by atoms with Gasteiger partial charge in [-0.05, 0) is 0 Å². The molecule has 0 fully saturated rings. The van der Waals surface area contributed by atoms with Gasteiger partial charge in [-0.15, -0.1) is 0 Å². The third-order valence-corrected chi connectivity index (χ3v) is 1.37. The van der Waals surface area contributed by atoms with Crippen LogP contribution < -0.4 is 5.32 Å². The second kappa shape index (κ2) is 2.70. The van der Waals surface area contributed by atoms with E-state index in [1.54, 1.807) is 12.2 Å². The zero-order valence-electron chi connectivity index (χ0n) is 5.32. The standard InChI is InChI=1S/C6H9NO3/c8-5-2-1-4(3-5)7-6(9)10/h1-2,4-5,7-8H,3H2,(H,9,10)/t4-,5+/m0/s1. The van der Waals surface area contributed by atoms with E-state index in [0.29, 0.717) is 6.42 Å². The highest BCUT2D eigenvalue weighted by molar-refractivity contribution is 5.65. The van der Waals surface area contributed by atoms with Crippen molar-refractivity contribution in [3.05, 3.63) is 12.2 Å². The Kier molecular flexibility index (Phi) is 1.91. The summed E-state index contributed by atoms with van der Waals surface area (Å²) in [5.74, 6) is 0. The first-order valence-electron chi connectivity index (χ1n) is 3.04. The van der Waals surface area contributed by atoms with Gasteiger partial charge in [-0.25, -0.2) is 4.79 Å². The number of rotatable bonds is 1. The second-order valence-corrected chi connectivity index (χ2v) is 2.24. The zero-order valence-corrected chi connectivity index (χ0v) is 5.32. The van der Waals surface area contributed by atoms with Crippen molar-refractivity contribution < 1.29 is 15.0 Å². The van der Waals surface area contributed by atoms with Gasteiger partial charge in [0.2, 0.25) is 0 Å². The molecule has 0 aromatic rings. The third kappa shape index (κ3) is 1.73. The Balaban J connectivity index is 2.33. The number of nitrogens with one attached hydrogen (secondary N) is 1. The second-order valence-electron chi connectivity index (χ2n) is 2.24. The number of aliphatic hydroxyl groups excluding tert-OH is 1. The van der Waals surface area contributed by atoms with Crippen LogP contribution in [0.4, 0.5) is 4.79 Å². The molecule has 10 heavy (non-hydrogen) atoms. The molecule has 0 aliphatic heterocycles. The van der Waals surface area contributed by atoms with Crippen molar-refractivity contribution in [2.75, 3.05) is 0 Å². The van der Waals surface area contributed by atoms with Crippen LogP contribution in [0.1, 0.15) is 6.42 Å². The quantitative estimate of drug-likeness (QED) is 0.450. The molecule has 1 aliphatic carbocycles. The summed E-state index contributed by atoms with van der Waals surface area (Å²) in [5, 5.41) is 19.4. The van der Waals surface area contributed by atoms with Gasteiger partial charge in [0.25, 0.3) is 0 Å². The van der Waals surface area contributed by atoms with Crippen molar-refractivity contribution >= 4 is 6.09 Å². The summed E-state index contributed by atoms with van der Waals surface area (Å²) in [5.41, 5.74) is 0. The van der Waals surface area contributed by atoms with Crippen LogP contribution in [0.15, 0.2) is 12.2 Å². The first kappa shape index (κ1) is 7.08. The zero-order chi connectivity index (χ0) is 7.56. The molecule has 0 saturated carbocycles. The maximum absolute atomic E-state index is 10.0. The highest BCUT2D eigenvalue weighted by atomic mass is 16.4. The van der Waals surface area contributed by atoms with Gasteiger partial charge in [0.05, 0.1) is 12.1 Å². The molecule has 0 aromatic heterocycles. The van der Waals surface area contributed by atoms with Gasteiger partial charge in [0.1, 0.15) is 0 Å². The highest BCUT2D eigenvalue weighted by Gasteiger charge is 2.17. The molecule has 2 atom stereocenters. The molecule has 0 spiro atoms. The van der Waals surface area contributed by atoms with Crippen LogP contribution in [0.2, 0.25) is 0 Å². The lowest BCUT2D eigenvalue weighted by atomic mass is 10.2. The summed E-state index contributed by atoms with van der Waals surface area (Å²) in [6, 6.07) is -0.215. The maximum atomic E-state index is 10.0. The summed E-state index contributed by atoms with van der Waals surface area (Å²) in [7, 11) is 0. The van der Waals surface area contributed by atoms with Crippen LogP contribution in [-0.2, 0) is 0 Å². The molecule has 0 heterocycles. The van der Waals surface area contributed by atoms with E-state index in [1.165, 1.54) is 0 Å². The summed E-state index contributed by atoms with van der Waals surface area (Å²) < 4.78 is 0. The monoisotopic (exact) mass is 143 g/mol. The van der Waals surface area contributed by atoms with Crippen molar-refractivity contribution in [2.24, 2.45) is 0 Å². The summed E-state index contributed by atoms with van der Waals surface area (Å²) in [4.78, 5) is 10.0. The lowest BCUT2D eigenvalue weighted by molar-refractivity contribution is 0.184. The fourth-order valence-electron chi connectivity index (χ4n) is 0.945. The van der Waals surface area contributed by atoms with Crippen molar-refractivity contribution in [3.63, 3.8) is 0 Å². The van der Waals surface area contributed by atoms with E-state index in [1.807, 2.05) is 0 Å². The number of carbonyl (C=O) groups is 1. The number of amides is 1. The summed E-state index contributed by atoms with van der Waals surface area (Å²) in [6.07, 6.45) is 2.15. The minimum atomic E-state index is -1.05. The van der Waals surface area contributed by atoms with Crippen molar-refractivity contribution in [1.82, 2.24) is 5.32 Å². The van der Waals surface area contributed by atoms with Crippen LogP contribution in [0, 0.1) is 0 Å². The molecule has 0 unspecified atom stereocenters. The molecule has 4 heteroatoms. The largest absolute Gasteiger partial charge is 0.465 e. The number of carboxylic acid groups (broad SMARTS) is 1. The minimum absolute atomic E-state index is 0.215. The molecular formula is C6H9NO3. The van der Waals surface area contributed by atoms with Gasteiger partial charge in [-0.1, -0.05) is 12.2 Å². The highest BCUT2D eigenvalue weighted by Crippen LogP contribution is 2.09. The van der Waals surface area contributed by atoms with E-state index in [4.69, 9.17) is 10.2 Å². The Morgan fingerprint density at radius 1 is 1.60 bits per heavy atom. The first-order chi connectivity index (χ1) is 4.68. The normalized spacial score (nSPS) is 30.5. The number of hydrogen-bond donors (Lipinski definition) is 3. The first-order valence-corrected chi connectivity index (χ1v) is 3.04. The maximum Gasteiger partial charge on any atom is 0.405 e. The molecule has 0 saturated heterocycles. The molecule has 56 valence electrons. The Labute approximate surface area is 58.2 Å². The van der Waals surface area contributed by atoms with Gasteiger partial charge in [-0.2, -0.15) is 0 Å². The average molecular weight is 143 g/mol. The van der Waals surface area contributed by atoms with Gasteiger partial charge in [-0.3, -0.25) is 0 Å². The van der Waals surface area contributed by atoms with Gasteiger partial charge >= 0.3 is 6.09 Å². The average Bonchev–Trinajstić information content (AvgIpc) is 2.13. The molecule has 1 rings (SSSR count). The summed E-state index contributed by atoms with van der Waals surface area (Å²) in [6.45, 7) is 0. The van der Waals surface area contributed by atoms with Crippen LogP contribution in [-0.4, -0.2) is 28.5 Å². The van der Waals surface area contributed by atoms with Gasteiger partial charge in [0, 0.05) is 6.42 Å². The third-order valence-electron chi connectivity index (χ3n) is 1.37. The van der Waals surface area contributed by atoms with Gasteiger partial charge in [0.15, 0.2) is 0 Å². The number of aliphatic hydroxyl groups is 1. The minimum Gasteiger partial charge on any atom is -0.465 e. The topological polar surface area (TPSA) is 69.6 Å². The van der Waals surface area contributed by atoms with Gasteiger partial charge < -0.3 is 15.5 Å². The fraction of sp³-hybridized carbons (Fsp3) is 0.500. The molecule has 1 amide bonds.